The second-order valence-electron chi connectivity index (χ2n) is 23.8. The van der Waals surface area contributed by atoms with E-state index in [0.29, 0.717) is 19.3 Å². The van der Waals surface area contributed by atoms with Crippen LogP contribution in [0.4, 0.5) is 0 Å². The minimum Gasteiger partial charge on any atom is -0.462 e. The molecule has 0 spiro atoms. The van der Waals surface area contributed by atoms with E-state index >= 15 is 0 Å². The summed E-state index contributed by atoms with van der Waals surface area (Å²) in [6.45, 7) is 6.54. The van der Waals surface area contributed by atoms with Crippen molar-refractivity contribution >= 4 is 17.9 Å². The quantitative estimate of drug-likeness (QED) is 0.0261. The molecular formula is C75H134O6. The lowest BCUT2D eigenvalue weighted by molar-refractivity contribution is -0.167. The van der Waals surface area contributed by atoms with Crippen LogP contribution in [0.15, 0.2) is 72.9 Å². The normalized spacial score (nSPS) is 12.5. The molecule has 470 valence electrons. The van der Waals surface area contributed by atoms with E-state index in [-0.39, 0.29) is 31.1 Å². The maximum atomic E-state index is 13.0. The Morgan fingerprint density at radius 2 is 0.481 bits per heavy atom. The van der Waals surface area contributed by atoms with Gasteiger partial charge in [-0.2, -0.15) is 0 Å². The summed E-state index contributed by atoms with van der Waals surface area (Å²) < 4.78 is 17.0. The smallest absolute Gasteiger partial charge is 0.306 e. The fourth-order valence-corrected chi connectivity index (χ4v) is 10.4. The van der Waals surface area contributed by atoms with Crippen LogP contribution < -0.4 is 0 Å². The van der Waals surface area contributed by atoms with Crippen molar-refractivity contribution in [3.63, 3.8) is 0 Å². The zero-order chi connectivity index (χ0) is 58.5. The van der Waals surface area contributed by atoms with Gasteiger partial charge in [-0.1, -0.05) is 331 Å². The number of hydrogen-bond acceptors (Lipinski definition) is 6. The summed E-state index contributed by atoms with van der Waals surface area (Å²) in [6.07, 6.45) is 90.8. The second kappa shape index (κ2) is 69.3. The van der Waals surface area contributed by atoms with Crippen LogP contribution in [0.3, 0.4) is 0 Å². The highest BCUT2D eigenvalue weighted by Crippen LogP contribution is 2.18. The van der Waals surface area contributed by atoms with Crippen LogP contribution in [-0.4, -0.2) is 37.2 Å². The van der Waals surface area contributed by atoms with E-state index in [1.165, 1.54) is 238 Å². The number of carbonyl (C=O) groups excluding carboxylic acids is 3. The number of carbonyl (C=O) groups is 3. The van der Waals surface area contributed by atoms with Gasteiger partial charge in [0.1, 0.15) is 13.2 Å². The van der Waals surface area contributed by atoms with E-state index in [4.69, 9.17) is 14.2 Å². The predicted molar refractivity (Wildman–Crippen MR) is 353 cm³/mol. The topological polar surface area (TPSA) is 78.9 Å². The van der Waals surface area contributed by atoms with Gasteiger partial charge in [-0.05, 0) is 89.9 Å². The summed E-state index contributed by atoms with van der Waals surface area (Å²) in [5.74, 6) is -0.906. The molecule has 0 radical (unpaired) electrons. The van der Waals surface area contributed by atoms with Crippen LogP contribution in [-0.2, 0) is 28.6 Å². The number of unbranched alkanes of at least 4 members (excludes halogenated alkanes) is 42. The number of rotatable bonds is 65. The van der Waals surface area contributed by atoms with E-state index in [1.807, 2.05) is 0 Å². The third-order valence-electron chi connectivity index (χ3n) is 15.7. The van der Waals surface area contributed by atoms with Gasteiger partial charge in [0.15, 0.2) is 6.10 Å². The molecule has 0 aliphatic heterocycles. The molecule has 0 saturated carbocycles. The van der Waals surface area contributed by atoms with Gasteiger partial charge in [-0.15, -0.1) is 0 Å². The Morgan fingerprint density at radius 1 is 0.259 bits per heavy atom. The molecule has 0 fully saturated rings. The fourth-order valence-electron chi connectivity index (χ4n) is 10.4. The molecule has 0 heterocycles. The van der Waals surface area contributed by atoms with Crippen molar-refractivity contribution in [3.05, 3.63) is 72.9 Å². The minimum atomic E-state index is -0.792. The Balaban J connectivity index is 4.29. The summed E-state index contributed by atoms with van der Waals surface area (Å²) >= 11 is 0. The van der Waals surface area contributed by atoms with Crippen LogP contribution in [0.25, 0.3) is 0 Å². The first-order valence-corrected chi connectivity index (χ1v) is 35.4. The van der Waals surface area contributed by atoms with Crippen LogP contribution in [0, 0.1) is 0 Å². The van der Waals surface area contributed by atoms with Gasteiger partial charge >= 0.3 is 17.9 Å². The van der Waals surface area contributed by atoms with Crippen LogP contribution in [0.5, 0.6) is 0 Å². The van der Waals surface area contributed by atoms with Gasteiger partial charge in [-0.25, -0.2) is 0 Å². The van der Waals surface area contributed by atoms with Crippen LogP contribution in [0.2, 0.25) is 0 Å². The molecule has 0 rings (SSSR count). The van der Waals surface area contributed by atoms with Crippen molar-refractivity contribution in [1.82, 2.24) is 0 Å². The molecule has 0 aromatic carbocycles. The molecule has 6 nitrogen and oxygen atoms in total. The zero-order valence-corrected chi connectivity index (χ0v) is 54.1. The van der Waals surface area contributed by atoms with Crippen molar-refractivity contribution in [2.24, 2.45) is 0 Å². The van der Waals surface area contributed by atoms with E-state index in [0.717, 1.165) is 89.9 Å². The lowest BCUT2D eigenvalue weighted by atomic mass is 10.0. The molecule has 81 heavy (non-hydrogen) atoms. The van der Waals surface area contributed by atoms with Crippen LogP contribution >= 0.6 is 0 Å². The minimum absolute atomic E-state index is 0.0847. The Labute approximate surface area is 503 Å². The molecule has 0 aliphatic rings. The Kier molecular flexibility index (Phi) is 66.6. The van der Waals surface area contributed by atoms with Gasteiger partial charge in [0.05, 0.1) is 0 Å². The lowest BCUT2D eigenvalue weighted by Crippen LogP contribution is -2.30. The largest absolute Gasteiger partial charge is 0.462 e. The molecular weight excluding hydrogens is 997 g/mol. The van der Waals surface area contributed by atoms with E-state index < -0.39 is 6.10 Å². The molecule has 0 N–H and O–H groups in total. The third-order valence-corrected chi connectivity index (χ3v) is 15.7. The summed E-state index contributed by atoms with van der Waals surface area (Å²) in [5.41, 5.74) is 0. The highest BCUT2D eigenvalue weighted by Gasteiger charge is 2.19. The number of allylic oxidation sites excluding steroid dienone is 12. The molecule has 0 aliphatic carbocycles. The third kappa shape index (κ3) is 67.5. The summed E-state index contributed by atoms with van der Waals surface area (Å²) in [6, 6.07) is 0. The number of ether oxygens (including phenoxy) is 3. The van der Waals surface area contributed by atoms with E-state index in [2.05, 4.69) is 93.7 Å². The fraction of sp³-hybridized carbons (Fsp3) is 0.800. The molecule has 1 atom stereocenters. The highest BCUT2D eigenvalue weighted by atomic mass is 16.6. The van der Waals surface area contributed by atoms with Gasteiger partial charge in [-0.3, -0.25) is 14.4 Å². The van der Waals surface area contributed by atoms with Gasteiger partial charge in [0.2, 0.25) is 0 Å². The summed E-state index contributed by atoms with van der Waals surface area (Å²) in [5, 5.41) is 0. The second-order valence-corrected chi connectivity index (χ2v) is 23.8. The SMILES string of the molecule is CC/C=C\C/C=C\C/C=C\C/C=C\CCCCC(=O)OCC(COC(=O)CCCCCCCCCCCCCCCCC/C=C\C/C=C\CCCCCCC)OC(=O)CCCCCCCCCCCCCCCCCCCCCCC. The zero-order valence-electron chi connectivity index (χ0n) is 54.1. The summed E-state index contributed by atoms with van der Waals surface area (Å²) in [4.78, 5) is 38.4. The number of hydrogen-bond donors (Lipinski definition) is 0. The molecule has 0 aromatic heterocycles. The summed E-state index contributed by atoms with van der Waals surface area (Å²) in [7, 11) is 0. The first kappa shape index (κ1) is 77.9. The molecule has 0 saturated heterocycles. The molecule has 0 bridgehead atoms. The first-order chi connectivity index (χ1) is 40.0. The maximum absolute atomic E-state index is 13.0. The monoisotopic (exact) mass is 1130 g/mol. The van der Waals surface area contributed by atoms with Gasteiger partial charge < -0.3 is 14.2 Å². The van der Waals surface area contributed by atoms with Crippen molar-refractivity contribution in [2.45, 2.75) is 374 Å². The maximum Gasteiger partial charge on any atom is 0.306 e. The van der Waals surface area contributed by atoms with Crippen molar-refractivity contribution in [3.8, 4) is 0 Å². The standard InChI is InChI=1S/C75H134O6/c1-4-7-10-13-16-19-22-25-28-30-32-34-35-36-37-38-39-41-42-44-47-50-53-56-59-62-65-68-74(77)80-71-72(70-79-73(76)67-64-61-58-55-52-49-46-27-24-21-18-15-12-9-6-3)81-75(78)69-66-63-60-57-54-51-48-45-43-40-33-31-29-26-23-20-17-14-11-8-5-2/h9,12,18,21-22,25,27,30,32,46,52,55,72H,4-8,10-11,13-17,19-20,23-24,26,28-29,31,33-45,47-51,53-54,56-71H2,1-3H3/b12-9-,21-18-,25-22-,32-30-,46-27-,55-52-. The average Bonchev–Trinajstić information content (AvgIpc) is 3.47. The highest BCUT2D eigenvalue weighted by molar-refractivity contribution is 5.71. The Bertz CT molecular complexity index is 1490. The van der Waals surface area contributed by atoms with Gasteiger partial charge in [0, 0.05) is 19.3 Å². The van der Waals surface area contributed by atoms with Gasteiger partial charge in [0.25, 0.3) is 0 Å². The molecule has 6 heteroatoms. The van der Waals surface area contributed by atoms with Crippen molar-refractivity contribution in [1.29, 1.82) is 0 Å². The van der Waals surface area contributed by atoms with Crippen molar-refractivity contribution < 1.29 is 28.6 Å². The average molecular weight is 1130 g/mol. The first-order valence-electron chi connectivity index (χ1n) is 35.4. The van der Waals surface area contributed by atoms with E-state index in [9.17, 15) is 14.4 Å². The number of esters is 3. The van der Waals surface area contributed by atoms with Crippen molar-refractivity contribution in [2.75, 3.05) is 13.2 Å². The predicted octanol–water partition coefficient (Wildman–Crippen LogP) is 24.4. The lowest BCUT2D eigenvalue weighted by Gasteiger charge is -2.18. The molecule has 0 amide bonds. The Hall–Kier alpha value is -3.15. The molecule has 1 unspecified atom stereocenters. The molecule has 0 aromatic rings. The Morgan fingerprint density at radius 3 is 0.778 bits per heavy atom. The van der Waals surface area contributed by atoms with E-state index in [1.54, 1.807) is 0 Å². The van der Waals surface area contributed by atoms with Crippen LogP contribution in [0.1, 0.15) is 367 Å².